The van der Waals surface area contributed by atoms with E-state index < -0.39 is 0 Å². The quantitative estimate of drug-likeness (QED) is 0.261. The SMILES string of the molecule is CCc1c(-c2cccc(OC)c2)nn(-c2nc(-c3ccccc3)cs2)c1-c1cccc(OC)c1. The molecule has 0 N–H and O–H groups in total. The maximum absolute atomic E-state index is 5.52. The number of benzene rings is 3. The molecular formula is C28H25N3O2S. The standard InChI is InChI=1S/C28H25N3O2S/c1-4-24-26(20-12-8-14-22(16-20)32-2)30-31(27(24)21-13-9-15-23(17-21)33-3)28-29-25(18-34-28)19-10-6-5-7-11-19/h5-18H,4H2,1-3H3. The van der Waals surface area contributed by atoms with E-state index in [1.807, 2.05) is 59.3 Å². The molecule has 2 heterocycles. The number of methoxy groups -OCH3 is 2. The second-order valence-electron chi connectivity index (χ2n) is 7.79. The molecule has 0 amide bonds. The van der Waals surface area contributed by atoms with Crippen LogP contribution in [0, 0.1) is 0 Å². The van der Waals surface area contributed by atoms with E-state index in [9.17, 15) is 0 Å². The van der Waals surface area contributed by atoms with Crippen molar-refractivity contribution in [3.05, 3.63) is 89.8 Å². The number of thiazole rings is 1. The van der Waals surface area contributed by atoms with Gasteiger partial charge in [0.15, 0.2) is 0 Å². The molecule has 5 aromatic rings. The summed E-state index contributed by atoms with van der Waals surface area (Å²) >= 11 is 1.59. The first-order chi connectivity index (χ1) is 16.7. The zero-order valence-corrected chi connectivity index (χ0v) is 20.2. The Kier molecular flexibility index (Phi) is 6.14. The molecule has 2 aromatic heterocycles. The van der Waals surface area contributed by atoms with Crippen molar-refractivity contribution in [3.8, 4) is 50.4 Å². The lowest BCUT2D eigenvalue weighted by atomic mass is 9.99. The molecule has 3 aromatic carbocycles. The van der Waals surface area contributed by atoms with Crippen LogP contribution in [0.25, 0.3) is 38.9 Å². The zero-order valence-electron chi connectivity index (χ0n) is 19.4. The second-order valence-corrected chi connectivity index (χ2v) is 8.62. The van der Waals surface area contributed by atoms with Crippen molar-refractivity contribution in [3.63, 3.8) is 0 Å². The summed E-state index contributed by atoms with van der Waals surface area (Å²) in [7, 11) is 3.37. The predicted molar refractivity (Wildman–Crippen MR) is 138 cm³/mol. The van der Waals surface area contributed by atoms with Gasteiger partial charge in [-0.2, -0.15) is 5.10 Å². The average Bonchev–Trinajstić information content (AvgIpc) is 3.54. The van der Waals surface area contributed by atoms with E-state index in [1.54, 1.807) is 25.6 Å². The Morgan fingerprint density at radius 3 is 2.12 bits per heavy atom. The highest BCUT2D eigenvalue weighted by atomic mass is 32.1. The summed E-state index contributed by atoms with van der Waals surface area (Å²) in [5, 5.41) is 8.01. The molecule has 0 saturated heterocycles. The Morgan fingerprint density at radius 2 is 1.44 bits per heavy atom. The Labute approximate surface area is 203 Å². The van der Waals surface area contributed by atoms with E-state index in [2.05, 4.69) is 36.6 Å². The van der Waals surface area contributed by atoms with Crippen LogP contribution < -0.4 is 9.47 Å². The molecule has 5 nitrogen and oxygen atoms in total. The topological polar surface area (TPSA) is 49.2 Å². The Hall–Kier alpha value is -3.90. The van der Waals surface area contributed by atoms with Crippen LogP contribution in [0.1, 0.15) is 12.5 Å². The van der Waals surface area contributed by atoms with Gasteiger partial charge in [-0.15, -0.1) is 11.3 Å². The Morgan fingerprint density at radius 1 is 0.794 bits per heavy atom. The van der Waals surface area contributed by atoms with E-state index in [1.165, 1.54) is 0 Å². The molecule has 170 valence electrons. The minimum atomic E-state index is 0.803. The van der Waals surface area contributed by atoms with Crippen LogP contribution in [0.5, 0.6) is 11.5 Å². The summed E-state index contributed by atoms with van der Waals surface area (Å²) in [5.41, 5.74) is 7.17. The Balaban J connectivity index is 1.73. The number of hydrogen-bond donors (Lipinski definition) is 0. The number of rotatable bonds is 7. The van der Waals surface area contributed by atoms with E-state index in [-0.39, 0.29) is 0 Å². The molecular weight excluding hydrogens is 442 g/mol. The summed E-state index contributed by atoms with van der Waals surface area (Å²) < 4.78 is 13.0. The number of nitrogens with zero attached hydrogens (tertiary/aromatic N) is 3. The minimum absolute atomic E-state index is 0.803. The molecule has 0 bridgehead atoms. The van der Waals surface area contributed by atoms with Gasteiger partial charge in [0.05, 0.1) is 31.3 Å². The first-order valence-electron chi connectivity index (χ1n) is 11.1. The molecule has 0 aliphatic carbocycles. The molecule has 0 aliphatic rings. The van der Waals surface area contributed by atoms with Gasteiger partial charge < -0.3 is 9.47 Å². The van der Waals surface area contributed by atoms with Crippen LogP contribution in [0.2, 0.25) is 0 Å². The van der Waals surface area contributed by atoms with Gasteiger partial charge in [0.2, 0.25) is 5.13 Å². The van der Waals surface area contributed by atoms with Crippen molar-refractivity contribution in [1.82, 2.24) is 14.8 Å². The predicted octanol–water partition coefficient (Wildman–Crippen LogP) is 6.91. The van der Waals surface area contributed by atoms with Crippen molar-refractivity contribution in [2.45, 2.75) is 13.3 Å². The van der Waals surface area contributed by atoms with Gasteiger partial charge in [0.25, 0.3) is 0 Å². The van der Waals surface area contributed by atoms with Gasteiger partial charge in [-0.1, -0.05) is 61.5 Å². The average molecular weight is 468 g/mol. The van der Waals surface area contributed by atoms with Gasteiger partial charge in [-0.25, -0.2) is 9.67 Å². The molecule has 6 heteroatoms. The zero-order chi connectivity index (χ0) is 23.5. The van der Waals surface area contributed by atoms with Crippen molar-refractivity contribution < 1.29 is 9.47 Å². The van der Waals surface area contributed by atoms with Crippen LogP contribution in [0.15, 0.2) is 84.2 Å². The molecule has 0 fully saturated rings. The van der Waals surface area contributed by atoms with Gasteiger partial charge in [-0.05, 0) is 30.7 Å². The maximum atomic E-state index is 5.52. The van der Waals surface area contributed by atoms with E-state index in [0.717, 1.165) is 62.4 Å². The van der Waals surface area contributed by atoms with Crippen LogP contribution >= 0.6 is 11.3 Å². The smallest absolute Gasteiger partial charge is 0.211 e. The fourth-order valence-electron chi connectivity index (χ4n) is 4.10. The largest absolute Gasteiger partial charge is 0.497 e. The van der Waals surface area contributed by atoms with E-state index in [4.69, 9.17) is 19.6 Å². The van der Waals surface area contributed by atoms with Gasteiger partial charge in [0.1, 0.15) is 11.5 Å². The summed E-state index contributed by atoms with van der Waals surface area (Å²) in [6.07, 6.45) is 0.815. The second kappa shape index (κ2) is 9.53. The molecule has 0 spiro atoms. The van der Waals surface area contributed by atoms with Gasteiger partial charge in [0, 0.05) is 27.6 Å². The highest BCUT2D eigenvalue weighted by Gasteiger charge is 2.23. The van der Waals surface area contributed by atoms with E-state index in [0.29, 0.717) is 0 Å². The van der Waals surface area contributed by atoms with Crippen molar-refractivity contribution in [2.75, 3.05) is 14.2 Å². The molecule has 0 unspecified atom stereocenters. The summed E-state index contributed by atoms with van der Waals surface area (Å²) in [6.45, 7) is 2.16. The lowest BCUT2D eigenvalue weighted by molar-refractivity contribution is 0.415. The van der Waals surface area contributed by atoms with Crippen LogP contribution in [0.3, 0.4) is 0 Å². The number of aromatic nitrogens is 3. The monoisotopic (exact) mass is 467 g/mol. The Bertz CT molecular complexity index is 1420. The molecule has 0 saturated carbocycles. The third-order valence-electron chi connectivity index (χ3n) is 5.77. The highest BCUT2D eigenvalue weighted by molar-refractivity contribution is 7.12. The third-order valence-corrected chi connectivity index (χ3v) is 6.58. The van der Waals surface area contributed by atoms with Crippen molar-refractivity contribution in [1.29, 1.82) is 0 Å². The number of hydrogen-bond acceptors (Lipinski definition) is 5. The van der Waals surface area contributed by atoms with E-state index >= 15 is 0 Å². The molecule has 34 heavy (non-hydrogen) atoms. The lowest BCUT2D eigenvalue weighted by Gasteiger charge is -2.09. The van der Waals surface area contributed by atoms with Gasteiger partial charge >= 0.3 is 0 Å². The first-order valence-corrected chi connectivity index (χ1v) is 12.0. The fraction of sp³-hybridized carbons (Fsp3) is 0.143. The number of ether oxygens (including phenoxy) is 2. The summed E-state index contributed by atoms with van der Waals surface area (Å²) in [5.74, 6) is 1.61. The minimum Gasteiger partial charge on any atom is -0.497 e. The molecule has 0 atom stereocenters. The lowest BCUT2D eigenvalue weighted by Crippen LogP contribution is -2.00. The third kappa shape index (κ3) is 4.08. The summed E-state index contributed by atoms with van der Waals surface area (Å²) in [6, 6.07) is 26.4. The van der Waals surface area contributed by atoms with Crippen LogP contribution in [-0.4, -0.2) is 29.0 Å². The molecule has 5 rings (SSSR count). The fourth-order valence-corrected chi connectivity index (χ4v) is 4.88. The van der Waals surface area contributed by atoms with Crippen molar-refractivity contribution in [2.24, 2.45) is 0 Å². The maximum Gasteiger partial charge on any atom is 0.211 e. The normalized spacial score (nSPS) is 10.9. The summed E-state index contributed by atoms with van der Waals surface area (Å²) in [4.78, 5) is 4.96. The molecule has 0 radical (unpaired) electrons. The highest BCUT2D eigenvalue weighted by Crippen LogP contribution is 2.38. The van der Waals surface area contributed by atoms with Gasteiger partial charge in [-0.3, -0.25) is 0 Å². The molecule has 0 aliphatic heterocycles. The first kappa shape index (κ1) is 21.9. The van der Waals surface area contributed by atoms with Crippen molar-refractivity contribution >= 4 is 11.3 Å². The van der Waals surface area contributed by atoms with Crippen LogP contribution in [0.4, 0.5) is 0 Å². The van der Waals surface area contributed by atoms with Crippen LogP contribution in [-0.2, 0) is 6.42 Å².